The molecule has 4 rings (SSSR count). The smallest absolute Gasteiger partial charge is 0.411 e. The molecule has 2 amide bonds. The van der Waals surface area contributed by atoms with Crippen LogP contribution in [0, 0.1) is 11.7 Å². The van der Waals surface area contributed by atoms with Crippen LogP contribution in [-0.2, 0) is 9.53 Å². The number of carbonyl (C=O) groups excluding carboxylic acids is 2. The van der Waals surface area contributed by atoms with Gasteiger partial charge in [0.2, 0.25) is 0 Å². The Morgan fingerprint density at radius 1 is 0.943 bits per heavy atom. The van der Waals surface area contributed by atoms with Crippen LogP contribution >= 0.6 is 0 Å². The van der Waals surface area contributed by atoms with Gasteiger partial charge in [0.15, 0.2) is 5.82 Å². The Morgan fingerprint density at radius 3 is 2.11 bits per heavy atom. The van der Waals surface area contributed by atoms with Gasteiger partial charge in [0, 0.05) is 5.92 Å². The van der Waals surface area contributed by atoms with Crippen molar-refractivity contribution >= 4 is 23.7 Å². The number of fused-ring (bicyclic) bond motifs is 3. The van der Waals surface area contributed by atoms with Gasteiger partial charge in [0.1, 0.15) is 12.6 Å². The third kappa shape index (κ3) is 4.87. The molecule has 0 saturated heterocycles. The lowest BCUT2D eigenvalue weighted by molar-refractivity contribution is -0.140. The summed E-state index contributed by atoms with van der Waals surface area (Å²) in [6.45, 7) is 3.31. The molecule has 7 nitrogen and oxygen atoms in total. The van der Waals surface area contributed by atoms with Gasteiger partial charge >= 0.3 is 12.1 Å². The molecular weight excluding hydrogens is 451 g/mol. The number of hydrogen-bond donors (Lipinski definition) is 3. The van der Waals surface area contributed by atoms with Gasteiger partial charge in [0.25, 0.3) is 5.91 Å². The van der Waals surface area contributed by atoms with E-state index in [-0.39, 0.29) is 23.8 Å². The first-order chi connectivity index (χ1) is 16.8. The van der Waals surface area contributed by atoms with Gasteiger partial charge in [-0.3, -0.25) is 10.1 Å². The first kappa shape index (κ1) is 23.9. The number of ether oxygens (including phenoxy) is 1. The van der Waals surface area contributed by atoms with Gasteiger partial charge in [-0.2, -0.15) is 0 Å². The number of halogens is 1. The number of hydrogen-bond acceptors (Lipinski definition) is 4. The topological polar surface area (TPSA) is 105 Å². The van der Waals surface area contributed by atoms with E-state index < -0.39 is 35.7 Å². The molecule has 180 valence electrons. The normalized spacial score (nSPS) is 13.0. The maximum atomic E-state index is 15.0. The van der Waals surface area contributed by atoms with Crippen molar-refractivity contribution in [1.29, 1.82) is 0 Å². The zero-order valence-corrected chi connectivity index (χ0v) is 19.2. The van der Waals surface area contributed by atoms with E-state index in [1.165, 1.54) is 18.2 Å². The molecule has 0 bridgehead atoms. The molecule has 8 heteroatoms. The predicted molar refractivity (Wildman–Crippen MR) is 129 cm³/mol. The Kier molecular flexibility index (Phi) is 6.82. The molecule has 0 spiro atoms. The molecule has 3 N–H and O–H groups in total. The summed E-state index contributed by atoms with van der Waals surface area (Å²) in [5, 5.41) is 13.9. The lowest BCUT2D eigenvalue weighted by Gasteiger charge is -2.18. The third-order valence-electron chi connectivity index (χ3n) is 6.04. The molecule has 0 fully saturated rings. The van der Waals surface area contributed by atoms with E-state index in [4.69, 9.17) is 4.74 Å². The number of carbonyl (C=O) groups is 3. The van der Waals surface area contributed by atoms with Crippen molar-refractivity contribution in [2.45, 2.75) is 25.8 Å². The third-order valence-corrected chi connectivity index (χ3v) is 6.04. The predicted octanol–water partition coefficient (Wildman–Crippen LogP) is 5.03. The molecular formula is C27H25FN2O5. The first-order valence-electron chi connectivity index (χ1n) is 11.2. The summed E-state index contributed by atoms with van der Waals surface area (Å²) < 4.78 is 20.4. The molecule has 0 aromatic heterocycles. The lowest BCUT2D eigenvalue weighted by atomic mass is 9.98. The van der Waals surface area contributed by atoms with Crippen LogP contribution in [-0.4, -0.2) is 35.7 Å². The van der Waals surface area contributed by atoms with E-state index in [1.807, 2.05) is 48.5 Å². The van der Waals surface area contributed by atoms with E-state index in [0.717, 1.165) is 22.3 Å². The van der Waals surface area contributed by atoms with Gasteiger partial charge in [-0.25, -0.2) is 14.0 Å². The maximum Gasteiger partial charge on any atom is 0.411 e. The number of amides is 2. The Bertz CT molecular complexity index is 1240. The van der Waals surface area contributed by atoms with Crippen LogP contribution in [0.2, 0.25) is 0 Å². The average molecular weight is 477 g/mol. The zero-order valence-electron chi connectivity index (χ0n) is 19.2. The Balaban J connectivity index is 1.45. The van der Waals surface area contributed by atoms with Gasteiger partial charge in [-0.15, -0.1) is 0 Å². The Hall–Kier alpha value is -4.20. The van der Waals surface area contributed by atoms with Crippen LogP contribution in [0.5, 0.6) is 0 Å². The largest absolute Gasteiger partial charge is 0.480 e. The molecule has 1 aliphatic carbocycles. The van der Waals surface area contributed by atoms with Crippen LogP contribution in [0.4, 0.5) is 14.9 Å². The number of anilines is 1. The number of carboxylic acid groups (broad SMARTS) is 1. The quantitative estimate of drug-likeness (QED) is 0.444. The molecule has 0 radical (unpaired) electrons. The van der Waals surface area contributed by atoms with Gasteiger partial charge in [0.05, 0.1) is 11.3 Å². The second-order valence-electron chi connectivity index (χ2n) is 8.65. The second kappa shape index (κ2) is 9.97. The molecule has 0 saturated carbocycles. The molecule has 3 aromatic rings. The summed E-state index contributed by atoms with van der Waals surface area (Å²) in [5.74, 6) is -3.64. The fourth-order valence-electron chi connectivity index (χ4n) is 4.28. The molecule has 0 aliphatic heterocycles. The van der Waals surface area contributed by atoms with E-state index in [9.17, 15) is 23.9 Å². The molecule has 1 unspecified atom stereocenters. The van der Waals surface area contributed by atoms with E-state index in [1.54, 1.807) is 13.8 Å². The van der Waals surface area contributed by atoms with Crippen molar-refractivity contribution in [3.05, 3.63) is 89.2 Å². The number of nitrogens with one attached hydrogen (secondary N) is 2. The van der Waals surface area contributed by atoms with Crippen molar-refractivity contribution < 1.29 is 28.6 Å². The summed E-state index contributed by atoms with van der Waals surface area (Å²) >= 11 is 0. The SMILES string of the molecule is CC(C)C(NC(=O)c1cccc(NC(=O)OCC2c3ccccc3-c3ccccc32)c1F)C(=O)O. The molecule has 1 atom stereocenters. The first-order valence-corrected chi connectivity index (χ1v) is 11.2. The number of benzene rings is 3. The van der Waals surface area contributed by atoms with E-state index in [2.05, 4.69) is 10.6 Å². The van der Waals surface area contributed by atoms with Crippen LogP contribution in [0.3, 0.4) is 0 Å². The molecule has 3 aromatic carbocycles. The summed E-state index contributed by atoms with van der Waals surface area (Å²) in [5.41, 5.74) is 3.64. The highest BCUT2D eigenvalue weighted by Crippen LogP contribution is 2.44. The summed E-state index contributed by atoms with van der Waals surface area (Å²) in [4.78, 5) is 36.4. The van der Waals surface area contributed by atoms with E-state index in [0.29, 0.717) is 0 Å². The van der Waals surface area contributed by atoms with Crippen molar-refractivity contribution in [3.63, 3.8) is 0 Å². The van der Waals surface area contributed by atoms with Gasteiger partial charge in [-0.1, -0.05) is 68.4 Å². The summed E-state index contributed by atoms with van der Waals surface area (Å²) in [7, 11) is 0. The summed E-state index contributed by atoms with van der Waals surface area (Å²) in [6.07, 6.45) is -0.867. The van der Waals surface area contributed by atoms with Crippen LogP contribution in [0.25, 0.3) is 11.1 Å². The second-order valence-corrected chi connectivity index (χ2v) is 8.65. The Morgan fingerprint density at radius 2 is 1.54 bits per heavy atom. The fraction of sp³-hybridized carbons (Fsp3) is 0.222. The molecule has 1 aliphatic rings. The van der Waals surface area contributed by atoms with Crippen LogP contribution < -0.4 is 10.6 Å². The minimum atomic E-state index is -1.22. The minimum absolute atomic E-state index is 0.0519. The molecule has 0 heterocycles. The standard InChI is InChI=1S/C27H25FN2O5/c1-15(2)24(26(32)33)30-25(31)20-12-7-13-22(23(20)28)29-27(34)35-14-21-18-10-5-3-8-16(18)17-9-4-6-11-19(17)21/h3-13,15,21,24H,14H2,1-2H3,(H,29,34)(H,30,31)(H,32,33). The fourth-order valence-corrected chi connectivity index (χ4v) is 4.28. The van der Waals surface area contributed by atoms with Crippen LogP contribution in [0.15, 0.2) is 66.7 Å². The highest BCUT2D eigenvalue weighted by molar-refractivity contribution is 5.98. The minimum Gasteiger partial charge on any atom is -0.480 e. The highest BCUT2D eigenvalue weighted by Gasteiger charge is 2.29. The van der Waals surface area contributed by atoms with Crippen molar-refractivity contribution in [1.82, 2.24) is 5.32 Å². The van der Waals surface area contributed by atoms with Crippen molar-refractivity contribution in [3.8, 4) is 11.1 Å². The number of carboxylic acids is 1. The maximum absolute atomic E-state index is 15.0. The van der Waals surface area contributed by atoms with Gasteiger partial charge in [-0.05, 0) is 40.3 Å². The number of aliphatic carboxylic acids is 1. The van der Waals surface area contributed by atoms with Crippen molar-refractivity contribution in [2.24, 2.45) is 5.92 Å². The van der Waals surface area contributed by atoms with Gasteiger partial charge < -0.3 is 15.2 Å². The van der Waals surface area contributed by atoms with Crippen molar-refractivity contribution in [2.75, 3.05) is 11.9 Å². The monoisotopic (exact) mass is 476 g/mol. The Labute approximate surface area is 201 Å². The van der Waals surface area contributed by atoms with E-state index >= 15 is 0 Å². The average Bonchev–Trinajstić information content (AvgIpc) is 3.15. The zero-order chi connectivity index (χ0) is 25.1. The number of rotatable bonds is 7. The summed E-state index contributed by atoms with van der Waals surface area (Å²) in [6, 6.07) is 18.5. The lowest BCUT2D eigenvalue weighted by Crippen LogP contribution is -2.44. The van der Waals surface area contributed by atoms with Crippen LogP contribution in [0.1, 0.15) is 41.3 Å². The highest BCUT2D eigenvalue weighted by atomic mass is 19.1. The molecule has 35 heavy (non-hydrogen) atoms.